The standard InChI is InChI=1S/C29H29Cl2N5O4/c1-5-18(37)6-17-11-40-12-21(17)34-24-8-19-16(10-33-24)7-20(35-28(19)36-14-29(2,13-32)15-36)25-26(30)22(38-3)9-23(39-4)27(25)31/h5,7-10,17,21H,1,6,11-12,14-15H2,2-4H3,(H,33,34)/t17-,21+/m0/s1. The first-order chi connectivity index (χ1) is 19.2. The van der Waals surface area contributed by atoms with Gasteiger partial charge in [0.1, 0.15) is 23.1 Å². The molecule has 0 unspecified atom stereocenters. The molecule has 2 saturated heterocycles. The smallest absolute Gasteiger partial charge is 0.155 e. The average molecular weight is 582 g/mol. The number of pyridine rings is 2. The van der Waals surface area contributed by atoms with Crippen LogP contribution in [-0.2, 0) is 9.53 Å². The molecule has 0 bridgehead atoms. The number of rotatable bonds is 9. The van der Waals surface area contributed by atoms with Gasteiger partial charge in [0.15, 0.2) is 5.78 Å². The zero-order valence-corrected chi connectivity index (χ0v) is 24.0. The van der Waals surface area contributed by atoms with Crippen LogP contribution in [0.5, 0.6) is 11.5 Å². The number of nitrogens with one attached hydrogen (secondary N) is 1. The van der Waals surface area contributed by atoms with E-state index >= 15 is 0 Å². The molecule has 2 aromatic heterocycles. The maximum atomic E-state index is 12.0. The molecule has 0 spiro atoms. The zero-order valence-electron chi connectivity index (χ0n) is 22.5. The molecule has 0 saturated carbocycles. The summed E-state index contributed by atoms with van der Waals surface area (Å²) in [4.78, 5) is 23.7. The number of halogens is 2. The Labute approximate surface area is 242 Å². The number of fused-ring (bicyclic) bond motifs is 1. The number of allylic oxidation sites excluding steroid dienone is 1. The molecule has 0 radical (unpaired) electrons. The van der Waals surface area contributed by atoms with E-state index in [1.165, 1.54) is 20.3 Å². The fourth-order valence-electron chi connectivity index (χ4n) is 5.19. The van der Waals surface area contributed by atoms with Gasteiger partial charge in [0.25, 0.3) is 0 Å². The van der Waals surface area contributed by atoms with Crippen LogP contribution < -0.4 is 19.7 Å². The Morgan fingerprint density at radius 2 is 1.95 bits per heavy atom. The fourth-order valence-corrected chi connectivity index (χ4v) is 5.89. The van der Waals surface area contributed by atoms with Crippen molar-refractivity contribution in [2.75, 3.05) is 50.7 Å². The second kappa shape index (κ2) is 11.1. The third kappa shape index (κ3) is 5.15. The minimum absolute atomic E-state index is 0.0158. The first-order valence-corrected chi connectivity index (χ1v) is 13.5. The number of hydrogen-bond acceptors (Lipinski definition) is 9. The van der Waals surface area contributed by atoms with Gasteiger partial charge in [-0.1, -0.05) is 29.8 Å². The number of methoxy groups -OCH3 is 2. The highest BCUT2D eigenvalue weighted by Gasteiger charge is 2.40. The lowest BCUT2D eigenvalue weighted by molar-refractivity contribution is -0.115. The Balaban J connectivity index is 1.59. The van der Waals surface area contributed by atoms with Crippen LogP contribution in [0.1, 0.15) is 13.3 Å². The van der Waals surface area contributed by atoms with Crippen molar-refractivity contribution in [1.29, 1.82) is 5.26 Å². The molecule has 4 heterocycles. The third-order valence-corrected chi connectivity index (χ3v) is 8.15. The van der Waals surface area contributed by atoms with Crippen molar-refractivity contribution >= 4 is 51.4 Å². The average Bonchev–Trinajstić information content (AvgIpc) is 3.37. The minimum Gasteiger partial charge on any atom is -0.495 e. The van der Waals surface area contributed by atoms with Crippen LogP contribution in [0.2, 0.25) is 10.0 Å². The van der Waals surface area contributed by atoms with Crippen molar-refractivity contribution in [3.8, 4) is 28.8 Å². The SMILES string of the molecule is C=CC(=O)C[C@H]1COC[C@H]1Nc1cc2c(N3CC(C)(C#N)C3)nc(-c3c(Cl)c(OC)cc(OC)c3Cl)cc2cn1. The number of carbonyl (C=O) groups excluding carboxylic acids is 1. The van der Waals surface area contributed by atoms with Gasteiger partial charge in [0.05, 0.1) is 60.7 Å². The van der Waals surface area contributed by atoms with Crippen LogP contribution in [-0.4, -0.2) is 62.3 Å². The van der Waals surface area contributed by atoms with E-state index < -0.39 is 5.41 Å². The largest absolute Gasteiger partial charge is 0.495 e. The number of carbonyl (C=O) groups is 1. The van der Waals surface area contributed by atoms with Crippen molar-refractivity contribution in [3.63, 3.8) is 0 Å². The number of hydrogen-bond donors (Lipinski definition) is 1. The Morgan fingerprint density at radius 3 is 2.58 bits per heavy atom. The number of nitriles is 1. The van der Waals surface area contributed by atoms with Crippen molar-refractivity contribution in [2.24, 2.45) is 11.3 Å². The monoisotopic (exact) mass is 581 g/mol. The van der Waals surface area contributed by atoms with Crippen LogP contribution in [0.25, 0.3) is 22.0 Å². The topological polar surface area (TPSA) is 110 Å². The maximum Gasteiger partial charge on any atom is 0.155 e. The van der Waals surface area contributed by atoms with Gasteiger partial charge in [-0.3, -0.25) is 4.79 Å². The quantitative estimate of drug-likeness (QED) is 0.325. The van der Waals surface area contributed by atoms with Crippen molar-refractivity contribution in [1.82, 2.24) is 9.97 Å². The molecule has 5 rings (SSSR count). The molecule has 2 aliphatic rings. The van der Waals surface area contributed by atoms with E-state index in [4.69, 9.17) is 42.4 Å². The maximum absolute atomic E-state index is 12.0. The molecule has 9 nitrogen and oxygen atoms in total. The van der Waals surface area contributed by atoms with E-state index in [0.29, 0.717) is 77.2 Å². The number of nitrogens with zero attached hydrogens (tertiary/aromatic N) is 4. The molecule has 0 aliphatic carbocycles. The Bertz CT molecular complexity index is 1510. The lowest BCUT2D eigenvalue weighted by Gasteiger charge is -2.44. The summed E-state index contributed by atoms with van der Waals surface area (Å²) in [6.07, 6.45) is 3.46. The molecular weight excluding hydrogens is 553 g/mol. The van der Waals surface area contributed by atoms with Gasteiger partial charge in [0, 0.05) is 54.0 Å². The number of anilines is 2. The predicted molar refractivity (Wildman–Crippen MR) is 156 cm³/mol. The second-order valence-corrected chi connectivity index (χ2v) is 11.1. The van der Waals surface area contributed by atoms with Crippen LogP contribution >= 0.6 is 23.2 Å². The van der Waals surface area contributed by atoms with Gasteiger partial charge in [-0.05, 0) is 25.1 Å². The summed E-state index contributed by atoms with van der Waals surface area (Å²) in [6.45, 7) is 7.51. The predicted octanol–water partition coefficient (Wildman–Crippen LogP) is 5.54. The molecule has 40 heavy (non-hydrogen) atoms. The van der Waals surface area contributed by atoms with Crippen LogP contribution in [0.15, 0.2) is 37.1 Å². The van der Waals surface area contributed by atoms with Crippen LogP contribution in [0.4, 0.5) is 11.6 Å². The summed E-state index contributed by atoms with van der Waals surface area (Å²) in [5, 5.41) is 15.3. The van der Waals surface area contributed by atoms with Crippen molar-refractivity contribution < 1.29 is 19.0 Å². The second-order valence-electron chi connectivity index (χ2n) is 10.4. The molecule has 3 aromatic rings. The van der Waals surface area contributed by atoms with Crippen LogP contribution in [0, 0.1) is 22.7 Å². The summed E-state index contributed by atoms with van der Waals surface area (Å²) in [5.41, 5.74) is 0.528. The highest BCUT2D eigenvalue weighted by atomic mass is 35.5. The van der Waals surface area contributed by atoms with E-state index in [-0.39, 0.29) is 17.7 Å². The van der Waals surface area contributed by atoms with Gasteiger partial charge in [-0.15, -0.1) is 0 Å². The Morgan fingerprint density at radius 1 is 1.25 bits per heavy atom. The highest BCUT2D eigenvalue weighted by Crippen LogP contribution is 2.47. The number of benzene rings is 1. The first kappa shape index (κ1) is 28.0. The number of aromatic nitrogens is 2. The summed E-state index contributed by atoms with van der Waals surface area (Å²) in [7, 11) is 3.04. The molecule has 2 fully saturated rings. The summed E-state index contributed by atoms with van der Waals surface area (Å²) in [6, 6.07) is 7.75. The third-order valence-electron chi connectivity index (χ3n) is 7.40. The summed E-state index contributed by atoms with van der Waals surface area (Å²) in [5.74, 6) is 2.13. The number of ketones is 1. The summed E-state index contributed by atoms with van der Waals surface area (Å²) >= 11 is 13.5. The van der Waals surface area contributed by atoms with Gasteiger partial charge >= 0.3 is 0 Å². The minimum atomic E-state index is -0.474. The Kier molecular flexibility index (Phi) is 7.78. The first-order valence-electron chi connectivity index (χ1n) is 12.8. The van der Waals surface area contributed by atoms with Gasteiger partial charge < -0.3 is 24.4 Å². The molecule has 208 valence electrons. The lowest BCUT2D eigenvalue weighted by Crippen LogP contribution is -2.54. The van der Waals surface area contributed by atoms with Crippen LogP contribution in [0.3, 0.4) is 0 Å². The molecule has 2 aliphatic heterocycles. The molecule has 11 heteroatoms. The fraction of sp³-hybridized carbons (Fsp3) is 0.379. The van der Waals surface area contributed by atoms with E-state index in [2.05, 4.69) is 27.8 Å². The van der Waals surface area contributed by atoms with E-state index in [0.717, 1.165) is 10.8 Å². The normalized spacial score (nSPS) is 19.6. The lowest BCUT2D eigenvalue weighted by atomic mass is 9.83. The molecule has 1 N–H and O–H groups in total. The highest BCUT2D eigenvalue weighted by molar-refractivity contribution is 6.41. The van der Waals surface area contributed by atoms with Gasteiger partial charge in [-0.2, -0.15) is 5.26 Å². The van der Waals surface area contributed by atoms with E-state index in [9.17, 15) is 10.1 Å². The van der Waals surface area contributed by atoms with E-state index in [1.54, 1.807) is 12.3 Å². The zero-order chi connectivity index (χ0) is 28.6. The molecule has 0 amide bonds. The Hall–Kier alpha value is -3.58. The molecule has 2 atom stereocenters. The van der Waals surface area contributed by atoms with Gasteiger partial charge in [0.2, 0.25) is 0 Å². The number of ether oxygens (including phenoxy) is 3. The van der Waals surface area contributed by atoms with Gasteiger partial charge in [-0.25, -0.2) is 9.97 Å². The molecule has 1 aromatic carbocycles. The van der Waals surface area contributed by atoms with E-state index in [1.807, 2.05) is 19.1 Å². The van der Waals surface area contributed by atoms with Crippen molar-refractivity contribution in [2.45, 2.75) is 19.4 Å². The molecular formula is C29H29Cl2N5O4. The van der Waals surface area contributed by atoms with Crippen molar-refractivity contribution in [3.05, 3.63) is 47.1 Å². The summed E-state index contributed by atoms with van der Waals surface area (Å²) < 4.78 is 16.6.